The number of carbonyl (C=O) groups is 1. The van der Waals surface area contributed by atoms with Gasteiger partial charge in [-0.1, -0.05) is 48.5 Å². The zero-order valence-electron chi connectivity index (χ0n) is 13.2. The predicted octanol–water partition coefficient (Wildman–Crippen LogP) is 5.36. The van der Waals surface area contributed by atoms with Crippen LogP contribution in [0.3, 0.4) is 0 Å². The topological polar surface area (TPSA) is 43.1 Å². The van der Waals surface area contributed by atoms with Gasteiger partial charge in [-0.2, -0.15) is 0 Å². The minimum atomic E-state index is 0.0704. The van der Waals surface area contributed by atoms with Gasteiger partial charge in [-0.15, -0.1) is 0 Å². The van der Waals surface area contributed by atoms with Gasteiger partial charge in [0.2, 0.25) is 5.89 Å². The number of hydrogen-bond donors (Lipinski definition) is 0. The molecule has 1 heterocycles. The summed E-state index contributed by atoms with van der Waals surface area (Å²) in [7, 11) is 0. The first-order chi connectivity index (χ1) is 11.7. The highest BCUT2D eigenvalue weighted by Crippen LogP contribution is 2.28. The first-order valence-corrected chi connectivity index (χ1v) is 7.78. The normalized spacial score (nSPS) is 10.9. The van der Waals surface area contributed by atoms with Crippen LogP contribution in [0.2, 0.25) is 0 Å². The Morgan fingerprint density at radius 3 is 2.25 bits per heavy atom. The lowest BCUT2D eigenvalue weighted by Crippen LogP contribution is -1.90. The van der Waals surface area contributed by atoms with Crippen molar-refractivity contribution in [3.05, 3.63) is 78.4 Å². The Balaban J connectivity index is 1.74. The van der Waals surface area contributed by atoms with Gasteiger partial charge in [0.05, 0.1) is 0 Å². The highest BCUT2D eigenvalue weighted by atomic mass is 16.3. The average Bonchev–Trinajstić information content (AvgIpc) is 3.06. The lowest BCUT2D eigenvalue weighted by atomic mass is 10.0. The Bertz CT molecular complexity index is 1010. The SMILES string of the molecule is CC(=O)c1ccc(-c2ccc3oc(-c4ccccc4)nc3c2)cc1. The Kier molecular flexibility index (Phi) is 3.47. The molecule has 4 aromatic rings. The molecular weight excluding hydrogens is 298 g/mol. The van der Waals surface area contributed by atoms with Crippen LogP contribution >= 0.6 is 0 Å². The maximum atomic E-state index is 11.4. The molecule has 3 nitrogen and oxygen atoms in total. The molecule has 24 heavy (non-hydrogen) atoms. The summed E-state index contributed by atoms with van der Waals surface area (Å²) in [6.45, 7) is 1.57. The number of aromatic nitrogens is 1. The molecular formula is C21H15NO2. The number of nitrogens with zero attached hydrogens (tertiary/aromatic N) is 1. The van der Waals surface area contributed by atoms with E-state index in [0.29, 0.717) is 11.5 Å². The number of fused-ring (bicyclic) bond motifs is 1. The summed E-state index contributed by atoms with van der Waals surface area (Å²) in [6, 6.07) is 23.4. The van der Waals surface area contributed by atoms with E-state index in [2.05, 4.69) is 4.98 Å². The molecule has 0 saturated heterocycles. The van der Waals surface area contributed by atoms with Crippen molar-refractivity contribution >= 4 is 16.9 Å². The Morgan fingerprint density at radius 1 is 0.833 bits per heavy atom. The molecule has 0 fully saturated rings. The Labute approximate surface area is 139 Å². The van der Waals surface area contributed by atoms with E-state index in [9.17, 15) is 4.79 Å². The third-order valence-corrected chi connectivity index (χ3v) is 4.03. The van der Waals surface area contributed by atoms with Crippen LogP contribution in [0.25, 0.3) is 33.7 Å². The van der Waals surface area contributed by atoms with Gasteiger partial charge in [0, 0.05) is 11.1 Å². The molecule has 1 aromatic heterocycles. The second-order valence-electron chi connectivity index (χ2n) is 5.70. The van der Waals surface area contributed by atoms with Crippen molar-refractivity contribution in [2.45, 2.75) is 6.92 Å². The molecule has 0 aliphatic rings. The third kappa shape index (κ3) is 2.61. The highest BCUT2D eigenvalue weighted by molar-refractivity contribution is 5.94. The van der Waals surface area contributed by atoms with E-state index >= 15 is 0 Å². The van der Waals surface area contributed by atoms with Crippen LogP contribution in [0.4, 0.5) is 0 Å². The van der Waals surface area contributed by atoms with Crippen molar-refractivity contribution in [1.29, 1.82) is 0 Å². The van der Waals surface area contributed by atoms with Crippen LogP contribution < -0.4 is 0 Å². The minimum absolute atomic E-state index is 0.0704. The average molecular weight is 313 g/mol. The quantitative estimate of drug-likeness (QED) is 0.478. The molecule has 0 amide bonds. The molecule has 0 unspecified atom stereocenters. The number of oxazole rings is 1. The van der Waals surface area contributed by atoms with Crippen molar-refractivity contribution in [1.82, 2.24) is 4.98 Å². The van der Waals surface area contributed by atoms with Crippen molar-refractivity contribution in [3.63, 3.8) is 0 Å². The molecule has 0 saturated carbocycles. The molecule has 3 heteroatoms. The van der Waals surface area contributed by atoms with Gasteiger partial charge < -0.3 is 4.42 Å². The maximum Gasteiger partial charge on any atom is 0.227 e. The molecule has 116 valence electrons. The van der Waals surface area contributed by atoms with Crippen LogP contribution in [-0.4, -0.2) is 10.8 Å². The van der Waals surface area contributed by atoms with Gasteiger partial charge in [-0.25, -0.2) is 4.98 Å². The summed E-state index contributed by atoms with van der Waals surface area (Å²) in [5.74, 6) is 0.690. The van der Waals surface area contributed by atoms with Gasteiger partial charge >= 0.3 is 0 Å². The van der Waals surface area contributed by atoms with Gasteiger partial charge in [0.1, 0.15) is 5.52 Å². The molecule has 0 aliphatic heterocycles. The summed E-state index contributed by atoms with van der Waals surface area (Å²) >= 11 is 0. The molecule has 0 N–H and O–H groups in total. The van der Waals surface area contributed by atoms with Crippen molar-refractivity contribution < 1.29 is 9.21 Å². The minimum Gasteiger partial charge on any atom is -0.436 e. The lowest BCUT2D eigenvalue weighted by Gasteiger charge is -2.02. The molecule has 0 bridgehead atoms. The summed E-state index contributed by atoms with van der Waals surface area (Å²) in [5.41, 5.74) is 5.35. The summed E-state index contributed by atoms with van der Waals surface area (Å²) in [4.78, 5) is 16.0. The monoisotopic (exact) mass is 313 g/mol. The van der Waals surface area contributed by atoms with Gasteiger partial charge in [0.15, 0.2) is 11.4 Å². The molecule has 0 radical (unpaired) electrons. The Morgan fingerprint density at radius 2 is 1.54 bits per heavy atom. The standard InChI is InChI=1S/C21H15NO2/c1-14(23)15-7-9-16(10-8-15)18-11-12-20-19(13-18)22-21(24-20)17-5-3-2-4-6-17/h2-13H,1H3. The maximum absolute atomic E-state index is 11.4. The molecule has 3 aromatic carbocycles. The third-order valence-electron chi connectivity index (χ3n) is 4.03. The zero-order chi connectivity index (χ0) is 16.5. The number of Topliss-reactive ketones (excluding diaryl/α,β-unsaturated/α-hetero) is 1. The Hall–Kier alpha value is -3.20. The molecule has 0 atom stereocenters. The number of ketones is 1. The smallest absolute Gasteiger partial charge is 0.227 e. The molecule has 0 spiro atoms. The first-order valence-electron chi connectivity index (χ1n) is 7.78. The van der Waals surface area contributed by atoms with Crippen LogP contribution in [0.1, 0.15) is 17.3 Å². The van der Waals surface area contributed by atoms with Gasteiger partial charge in [-0.05, 0) is 42.3 Å². The predicted molar refractivity (Wildman–Crippen MR) is 94.9 cm³/mol. The van der Waals surface area contributed by atoms with E-state index in [0.717, 1.165) is 27.8 Å². The summed E-state index contributed by atoms with van der Waals surface area (Å²) < 4.78 is 5.84. The van der Waals surface area contributed by atoms with E-state index < -0.39 is 0 Å². The largest absolute Gasteiger partial charge is 0.436 e. The van der Waals surface area contributed by atoms with E-state index in [1.54, 1.807) is 6.92 Å². The fourth-order valence-electron chi connectivity index (χ4n) is 2.71. The summed E-state index contributed by atoms with van der Waals surface area (Å²) in [6.07, 6.45) is 0. The summed E-state index contributed by atoms with van der Waals surface area (Å²) in [5, 5.41) is 0. The van der Waals surface area contributed by atoms with Gasteiger partial charge in [-0.3, -0.25) is 4.79 Å². The van der Waals surface area contributed by atoms with Crippen LogP contribution in [0, 0.1) is 0 Å². The van der Waals surface area contributed by atoms with Crippen LogP contribution in [0.15, 0.2) is 77.2 Å². The zero-order valence-corrected chi connectivity index (χ0v) is 13.2. The second kappa shape index (κ2) is 5.78. The number of rotatable bonds is 3. The van der Waals surface area contributed by atoms with Crippen molar-refractivity contribution in [2.24, 2.45) is 0 Å². The highest BCUT2D eigenvalue weighted by Gasteiger charge is 2.09. The fourth-order valence-corrected chi connectivity index (χ4v) is 2.71. The second-order valence-corrected chi connectivity index (χ2v) is 5.70. The molecule has 0 aliphatic carbocycles. The number of carbonyl (C=O) groups excluding carboxylic acids is 1. The first kappa shape index (κ1) is 14.4. The fraction of sp³-hybridized carbons (Fsp3) is 0.0476. The van der Waals surface area contributed by atoms with Crippen molar-refractivity contribution in [3.8, 4) is 22.6 Å². The number of benzene rings is 3. The van der Waals surface area contributed by atoms with E-state index in [-0.39, 0.29) is 5.78 Å². The van der Waals surface area contributed by atoms with Crippen LogP contribution in [0.5, 0.6) is 0 Å². The molecule has 4 rings (SSSR count). The van der Waals surface area contributed by atoms with E-state index in [1.165, 1.54) is 0 Å². The van der Waals surface area contributed by atoms with E-state index in [4.69, 9.17) is 4.42 Å². The number of hydrogen-bond acceptors (Lipinski definition) is 3. The van der Waals surface area contributed by atoms with E-state index in [1.807, 2.05) is 72.8 Å². The lowest BCUT2D eigenvalue weighted by molar-refractivity contribution is 0.101. The van der Waals surface area contributed by atoms with Crippen LogP contribution in [-0.2, 0) is 0 Å². The van der Waals surface area contributed by atoms with Crippen molar-refractivity contribution in [2.75, 3.05) is 0 Å². The van der Waals surface area contributed by atoms with Gasteiger partial charge in [0.25, 0.3) is 0 Å².